The SMILES string of the molecule is Cn1cc(-n2nc(-c3ccc(OC(F)(F)F)cc3)cc(C(=O)N=C3COC[C@H]3O)c2=O)cn1. The molecule has 1 aliphatic rings. The van der Waals surface area contributed by atoms with E-state index in [4.69, 9.17) is 4.74 Å². The van der Waals surface area contributed by atoms with E-state index in [-0.39, 0.29) is 35.9 Å². The van der Waals surface area contributed by atoms with Gasteiger partial charge < -0.3 is 14.6 Å². The molecule has 1 aromatic carbocycles. The number of carbonyl (C=O) groups is 1. The first kappa shape index (κ1) is 22.4. The second-order valence-corrected chi connectivity index (χ2v) is 7.04. The average Bonchev–Trinajstić information content (AvgIpc) is 3.35. The molecule has 0 spiro atoms. The van der Waals surface area contributed by atoms with Crippen molar-refractivity contribution in [3.05, 3.63) is 58.6 Å². The maximum absolute atomic E-state index is 13.0. The van der Waals surface area contributed by atoms with Gasteiger partial charge in [-0.15, -0.1) is 13.2 Å². The number of amides is 1. The number of benzene rings is 1. The van der Waals surface area contributed by atoms with Gasteiger partial charge >= 0.3 is 6.36 Å². The van der Waals surface area contributed by atoms with E-state index >= 15 is 0 Å². The molecule has 2 aromatic heterocycles. The molecule has 1 amide bonds. The number of ether oxygens (including phenoxy) is 2. The minimum Gasteiger partial charge on any atom is -0.406 e. The molecule has 4 rings (SSSR count). The number of carbonyl (C=O) groups excluding carboxylic acids is 1. The standard InChI is InChI=1S/C20H16F3N5O5/c1-27-8-12(7-24-27)28-19(31)14(18(30)25-16-9-32-10-17(16)29)6-15(26-28)11-2-4-13(5-3-11)33-20(21,22)23/h2-8,17,29H,9-10H2,1H3/t17-/m1/s1. The van der Waals surface area contributed by atoms with Crippen LogP contribution in [-0.2, 0) is 11.8 Å². The molecule has 1 fully saturated rings. The fourth-order valence-corrected chi connectivity index (χ4v) is 3.07. The summed E-state index contributed by atoms with van der Waals surface area (Å²) in [6.45, 7) is -0.0672. The Morgan fingerprint density at radius 1 is 1.30 bits per heavy atom. The Bertz CT molecular complexity index is 1280. The van der Waals surface area contributed by atoms with Crippen LogP contribution in [0.2, 0.25) is 0 Å². The van der Waals surface area contributed by atoms with Crippen molar-refractivity contribution >= 4 is 11.6 Å². The van der Waals surface area contributed by atoms with E-state index in [9.17, 15) is 27.9 Å². The Kier molecular flexibility index (Phi) is 5.82. The van der Waals surface area contributed by atoms with E-state index in [2.05, 4.69) is 19.9 Å². The summed E-state index contributed by atoms with van der Waals surface area (Å²) < 4.78 is 48.6. The van der Waals surface area contributed by atoms with Crippen molar-refractivity contribution in [1.29, 1.82) is 0 Å². The Morgan fingerprint density at radius 3 is 2.61 bits per heavy atom. The Hall–Kier alpha value is -3.84. The monoisotopic (exact) mass is 463 g/mol. The van der Waals surface area contributed by atoms with E-state index in [0.717, 1.165) is 16.8 Å². The van der Waals surface area contributed by atoms with Gasteiger partial charge in [-0.25, -0.2) is 4.99 Å². The summed E-state index contributed by atoms with van der Waals surface area (Å²) in [5, 5.41) is 18.0. The van der Waals surface area contributed by atoms with Gasteiger partial charge in [-0.3, -0.25) is 14.3 Å². The third kappa shape index (κ3) is 4.99. The van der Waals surface area contributed by atoms with Gasteiger partial charge in [0.1, 0.15) is 23.1 Å². The predicted molar refractivity (Wildman–Crippen MR) is 107 cm³/mol. The summed E-state index contributed by atoms with van der Waals surface area (Å²) in [6.07, 6.45) is -3.06. The van der Waals surface area contributed by atoms with E-state index in [0.29, 0.717) is 5.56 Å². The smallest absolute Gasteiger partial charge is 0.406 e. The lowest BCUT2D eigenvalue weighted by atomic mass is 10.1. The maximum atomic E-state index is 13.0. The molecule has 1 saturated heterocycles. The number of aliphatic hydroxyl groups excluding tert-OH is 1. The minimum atomic E-state index is -4.85. The van der Waals surface area contributed by atoms with Crippen molar-refractivity contribution in [1.82, 2.24) is 19.6 Å². The lowest BCUT2D eigenvalue weighted by Gasteiger charge is -2.11. The normalized spacial score (nSPS) is 17.5. The van der Waals surface area contributed by atoms with Gasteiger partial charge in [-0.05, 0) is 30.3 Å². The minimum absolute atomic E-state index is 0.0139. The van der Waals surface area contributed by atoms with Crippen LogP contribution in [0.5, 0.6) is 5.75 Å². The third-order valence-electron chi connectivity index (χ3n) is 4.62. The number of nitrogens with zero attached hydrogens (tertiary/aromatic N) is 5. The summed E-state index contributed by atoms with van der Waals surface area (Å²) in [5.41, 5.74) is -0.374. The summed E-state index contributed by atoms with van der Waals surface area (Å²) in [5.74, 6) is -1.36. The molecule has 0 radical (unpaired) electrons. The molecule has 1 atom stereocenters. The first-order valence-electron chi connectivity index (χ1n) is 9.48. The van der Waals surface area contributed by atoms with Gasteiger partial charge in [0.25, 0.3) is 11.5 Å². The number of aryl methyl sites for hydroxylation is 1. The molecule has 13 heteroatoms. The molecule has 0 aliphatic carbocycles. The van der Waals surface area contributed by atoms with E-state index < -0.39 is 29.7 Å². The molecule has 10 nitrogen and oxygen atoms in total. The second-order valence-electron chi connectivity index (χ2n) is 7.04. The van der Waals surface area contributed by atoms with Crippen molar-refractivity contribution in [2.24, 2.45) is 12.0 Å². The molecule has 172 valence electrons. The number of alkyl halides is 3. The van der Waals surface area contributed by atoms with Gasteiger partial charge in [0.15, 0.2) is 0 Å². The van der Waals surface area contributed by atoms with Crippen molar-refractivity contribution < 1.29 is 32.5 Å². The number of rotatable bonds is 4. The van der Waals surface area contributed by atoms with Crippen LogP contribution in [0.15, 0.2) is 52.5 Å². The zero-order valence-electron chi connectivity index (χ0n) is 17.0. The number of hydrogen-bond acceptors (Lipinski definition) is 7. The molecule has 0 saturated carbocycles. The Morgan fingerprint density at radius 2 is 2.03 bits per heavy atom. The molecule has 33 heavy (non-hydrogen) atoms. The zero-order chi connectivity index (χ0) is 23.8. The molecule has 1 N–H and O–H groups in total. The Balaban J connectivity index is 1.80. The number of halogens is 3. The third-order valence-corrected chi connectivity index (χ3v) is 4.62. The number of aliphatic hydroxyl groups is 1. The van der Waals surface area contributed by atoms with Crippen LogP contribution in [0.1, 0.15) is 10.4 Å². The van der Waals surface area contributed by atoms with E-state index in [1.807, 2.05) is 0 Å². The van der Waals surface area contributed by atoms with Crippen LogP contribution < -0.4 is 10.3 Å². The maximum Gasteiger partial charge on any atom is 0.573 e. The van der Waals surface area contributed by atoms with Crippen LogP contribution in [0.3, 0.4) is 0 Å². The van der Waals surface area contributed by atoms with Gasteiger partial charge in [-0.1, -0.05) is 0 Å². The number of aliphatic imine (C=N–C) groups is 1. The van der Waals surface area contributed by atoms with Crippen molar-refractivity contribution in [2.45, 2.75) is 12.5 Å². The summed E-state index contributed by atoms with van der Waals surface area (Å²) in [4.78, 5) is 29.6. The highest BCUT2D eigenvalue weighted by molar-refractivity contribution is 6.06. The molecule has 0 bridgehead atoms. The lowest BCUT2D eigenvalue weighted by Crippen LogP contribution is -2.28. The van der Waals surface area contributed by atoms with E-state index in [1.54, 1.807) is 7.05 Å². The zero-order valence-corrected chi connectivity index (χ0v) is 17.0. The molecular weight excluding hydrogens is 447 g/mol. The molecular formula is C20H16F3N5O5. The van der Waals surface area contributed by atoms with Crippen LogP contribution in [0, 0.1) is 0 Å². The molecule has 3 heterocycles. The summed E-state index contributed by atoms with van der Waals surface area (Å²) >= 11 is 0. The molecule has 3 aromatic rings. The highest BCUT2D eigenvalue weighted by atomic mass is 19.4. The Labute approximate surface area is 183 Å². The summed E-state index contributed by atoms with van der Waals surface area (Å²) in [7, 11) is 1.62. The first-order valence-corrected chi connectivity index (χ1v) is 9.48. The molecule has 1 aliphatic heterocycles. The summed E-state index contributed by atoms with van der Waals surface area (Å²) in [6, 6.07) is 5.95. The van der Waals surface area contributed by atoms with Gasteiger partial charge in [-0.2, -0.15) is 14.9 Å². The highest BCUT2D eigenvalue weighted by Gasteiger charge is 2.31. The van der Waals surface area contributed by atoms with Crippen molar-refractivity contribution in [3.63, 3.8) is 0 Å². The predicted octanol–water partition coefficient (Wildman–Crippen LogP) is 1.50. The van der Waals surface area contributed by atoms with Crippen molar-refractivity contribution in [3.8, 4) is 22.7 Å². The van der Waals surface area contributed by atoms with Gasteiger partial charge in [0.05, 0.1) is 37.0 Å². The van der Waals surface area contributed by atoms with Crippen molar-refractivity contribution in [2.75, 3.05) is 13.2 Å². The van der Waals surface area contributed by atoms with Crippen LogP contribution in [0.4, 0.5) is 13.2 Å². The van der Waals surface area contributed by atoms with Crippen LogP contribution >= 0.6 is 0 Å². The first-order chi connectivity index (χ1) is 15.6. The number of aromatic nitrogens is 4. The van der Waals surface area contributed by atoms with Crippen LogP contribution in [-0.4, -0.2) is 62.0 Å². The average molecular weight is 463 g/mol. The lowest BCUT2D eigenvalue weighted by molar-refractivity contribution is -0.274. The van der Waals surface area contributed by atoms with Crippen LogP contribution in [0.25, 0.3) is 16.9 Å². The van der Waals surface area contributed by atoms with Gasteiger partial charge in [0.2, 0.25) is 0 Å². The van der Waals surface area contributed by atoms with Gasteiger partial charge in [0, 0.05) is 12.6 Å². The fourth-order valence-electron chi connectivity index (χ4n) is 3.07. The largest absolute Gasteiger partial charge is 0.573 e. The molecule has 0 unspecified atom stereocenters. The highest BCUT2D eigenvalue weighted by Crippen LogP contribution is 2.26. The fraction of sp³-hybridized carbons (Fsp3) is 0.250. The van der Waals surface area contributed by atoms with E-state index in [1.165, 1.54) is 35.3 Å². The number of hydrogen-bond donors (Lipinski definition) is 1. The quantitative estimate of drug-likeness (QED) is 0.623. The second kappa shape index (κ2) is 8.60. The topological polar surface area (TPSA) is 121 Å².